The zero-order valence-corrected chi connectivity index (χ0v) is 9.76. The van der Waals surface area contributed by atoms with Gasteiger partial charge in [0.05, 0.1) is 0 Å². The van der Waals surface area contributed by atoms with Crippen molar-refractivity contribution in [2.24, 2.45) is 5.92 Å². The molecule has 1 aromatic rings. The van der Waals surface area contributed by atoms with E-state index < -0.39 is 0 Å². The molecule has 0 bridgehead atoms. The van der Waals surface area contributed by atoms with E-state index in [-0.39, 0.29) is 0 Å². The Morgan fingerprint density at radius 1 is 1.57 bits per heavy atom. The number of hydrogen-bond donors (Lipinski definition) is 1. The number of nitrogens with zero attached hydrogens (tertiary/aromatic N) is 1. The van der Waals surface area contributed by atoms with Gasteiger partial charge in [-0.1, -0.05) is 0 Å². The van der Waals surface area contributed by atoms with E-state index in [1.54, 1.807) is 0 Å². The summed E-state index contributed by atoms with van der Waals surface area (Å²) in [6.45, 7) is 2.36. The predicted molar refractivity (Wildman–Crippen MR) is 61.2 cm³/mol. The Labute approximate surface area is 93.3 Å². The van der Waals surface area contributed by atoms with E-state index in [4.69, 9.17) is 0 Å². The van der Waals surface area contributed by atoms with E-state index in [1.807, 2.05) is 6.20 Å². The van der Waals surface area contributed by atoms with Gasteiger partial charge in [-0.15, -0.1) is 0 Å². The number of aromatic nitrogens is 1. The van der Waals surface area contributed by atoms with E-state index >= 15 is 0 Å². The SMILES string of the molecule is Brc1cc(C[C@H]2CCCNC2)ccn1. The van der Waals surface area contributed by atoms with Crippen LogP contribution in [0.1, 0.15) is 18.4 Å². The van der Waals surface area contributed by atoms with Gasteiger partial charge < -0.3 is 5.32 Å². The van der Waals surface area contributed by atoms with Gasteiger partial charge in [-0.3, -0.25) is 0 Å². The summed E-state index contributed by atoms with van der Waals surface area (Å²) in [4.78, 5) is 4.13. The van der Waals surface area contributed by atoms with Crippen LogP contribution in [0.4, 0.5) is 0 Å². The second-order valence-electron chi connectivity index (χ2n) is 3.90. The highest BCUT2D eigenvalue weighted by atomic mass is 79.9. The molecule has 1 aliphatic heterocycles. The van der Waals surface area contributed by atoms with Gasteiger partial charge in [-0.2, -0.15) is 0 Å². The molecule has 0 spiro atoms. The maximum atomic E-state index is 4.13. The molecule has 1 fully saturated rings. The molecule has 1 atom stereocenters. The van der Waals surface area contributed by atoms with Crippen LogP contribution in [-0.2, 0) is 6.42 Å². The van der Waals surface area contributed by atoms with Crippen LogP contribution in [0, 0.1) is 5.92 Å². The largest absolute Gasteiger partial charge is 0.316 e. The van der Waals surface area contributed by atoms with E-state index in [9.17, 15) is 0 Å². The summed E-state index contributed by atoms with van der Waals surface area (Å²) in [7, 11) is 0. The second kappa shape index (κ2) is 4.89. The highest BCUT2D eigenvalue weighted by Crippen LogP contribution is 2.17. The smallest absolute Gasteiger partial charge is 0.106 e. The first-order valence-corrected chi connectivity index (χ1v) is 5.95. The molecule has 0 aromatic carbocycles. The first-order valence-electron chi connectivity index (χ1n) is 5.16. The lowest BCUT2D eigenvalue weighted by Gasteiger charge is -2.22. The van der Waals surface area contributed by atoms with E-state index in [2.05, 4.69) is 38.4 Å². The molecule has 1 N–H and O–H groups in total. The molecule has 2 rings (SSSR count). The van der Waals surface area contributed by atoms with Gasteiger partial charge in [-0.25, -0.2) is 4.98 Å². The predicted octanol–water partition coefficient (Wildman–Crippen LogP) is 2.39. The van der Waals surface area contributed by atoms with E-state index in [0.717, 1.165) is 10.5 Å². The van der Waals surface area contributed by atoms with Crippen molar-refractivity contribution in [1.82, 2.24) is 10.3 Å². The van der Waals surface area contributed by atoms with Crippen LogP contribution in [0.3, 0.4) is 0 Å². The van der Waals surface area contributed by atoms with Gasteiger partial charge in [0.1, 0.15) is 4.60 Å². The summed E-state index contributed by atoms with van der Waals surface area (Å²) in [5.41, 5.74) is 1.39. The van der Waals surface area contributed by atoms with Gasteiger partial charge in [0.2, 0.25) is 0 Å². The molecule has 14 heavy (non-hydrogen) atoms. The number of nitrogens with one attached hydrogen (secondary N) is 1. The fourth-order valence-electron chi connectivity index (χ4n) is 2.00. The van der Waals surface area contributed by atoms with Gasteiger partial charge in [0.15, 0.2) is 0 Å². The molecule has 1 saturated heterocycles. The fraction of sp³-hybridized carbons (Fsp3) is 0.545. The quantitative estimate of drug-likeness (QED) is 0.821. The first-order chi connectivity index (χ1) is 6.84. The van der Waals surface area contributed by atoms with Crippen LogP contribution in [0.5, 0.6) is 0 Å². The van der Waals surface area contributed by atoms with Crippen molar-refractivity contribution >= 4 is 15.9 Å². The molecule has 2 heterocycles. The maximum absolute atomic E-state index is 4.13. The number of piperidine rings is 1. The van der Waals surface area contributed by atoms with Crippen LogP contribution in [-0.4, -0.2) is 18.1 Å². The number of halogens is 1. The summed E-state index contributed by atoms with van der Waals surface area (Å²) in [6.07, 6.45) is 5.72. The van der Waals surface area contributed by atoms with Gasteiger partial charge in [0, 0.05) is 6.20 Å². The maximum Gasteiger partial charge on any atom is 0.106 e. The molecule has 0 radical (unpaired) electrons. The lowest BCUT2D eigenvalue weighted by Crippen LogP contribution is -2.30. The molecule has 0 amide bonds. The van der Waals surface area contributed by atoms with Crippen LogP contribution in [0.15, 0.2) is 22.9 Å². The highest BCUT2D eigenvalue weighted by Gasteiger charge is 2.13. The summed E-state index contributed by atoms with van der Waals surface area (Å²) < 4.78 is 0.943. The second-order valence-corrected chi connectivity index (χ2v) is 4.72. The van der Waals surface area contributed by atoms with Gasteiger partial charge >= 0.3 is 0 Å². The standard InChI is InChI=1S/C11H15BrN2/c12-11-7-9(3-5-14-11)6-10-2-1-4-13-8-10/h3,5,7,10,13H,1-2,4,6,8H2/t10-/m1/s1. The molecule has 76 valence electrons. The minimum atomic E-state index is 0.804. The molecule has 2 nitrogen and oxygen atoms in total. The van der Waals surface area contributed by atoms with Crippen LogP contribution < -0.4 is 5.32 Å². The van der Waals surface area contributed by atoms with Crippen molar-refractivity contribution in [3.05, 3.63) is 28.5 Å². The third-order valence-corrected chi connectivity index (χ3v) is 3.15. The van der Waals surface area contributed by atoms with Crippen molar-refractivity contribution in [2.75, 3.05) is 13.1 Å². The van der Waals surface area contributed by atoms with Crippen LogP contribution in [0.25, 0.3) is 0 Å². The molecule has 1 aromatic heterocycles. The lowest BCUT2D eigenvalue weighted by molar-refractivity contribution is 0.376. The Morgan fingerprint density at radius 2 is 2.50 bits per heavy atom. The van der Waals surface area contributed by atoms with Crippen LogP contribution >= 0.6 is 15.9 Å². The third-order valence-electron chi connectivity index (χ3n) is 2.71. The number of pyridine rings is 1. The Bertz CT molecular complexity index is 295. The Hall–Kier alpha value is -0.410. The highest BCUT2D eigenvalue weighted by molar-refractivity contribution is 9.10. The van der Waals surface area contributed by atoms with E-state index in [0.29, 0.717) is 0 Å². The summed E-state index contributed by atoms with van der Waals surface area (Å²) in [5.74, 6) is 0.804. The number of rotatable bonds is 2. The zero-order chi connectivity index (χ0) is 9.80. The van der Waals surface area contributed by atoms with Crippen molar-refractivity contribution in [3.63, 3.8) is 0 Å². The molecule has 3 heteroatoms. The topological polar surface area (TPSA) is 24.9 Å². The first kappa shape index (κ1) is 10.1. The minimum absolute atomic E-state index is 0.804. The Balaban J connectivity index is 1.95. The van der Waals surface area contributed by atoms with Gasteiger partial charge in [0.25, 0.3) is 0 Å². The Kier molecular flexibility index (Phi) is 3.54. The van der Waals surface area contributed by atoms with Crippen molar-refractivity contribution < 1.29 is 0 Å². The number of hydrogen-bond acceptors (Lipinski definition) is 2. The average molecular weight is 255 g/mol. The molecule has 0 saturated carbocycles. The zero-order valence-electron chi connectivity index (χ0n) is 8.17. The molecule has 1 aliphatic rings. The van der Waals surface area contributed by atoms with Crippen molar-refractivity contribution in [1.29, 1.82) is 0 Å². The van der Waals surface area contributed by atoms with Crippen LogP contribution in [0.2, 0.25) is 0 Å². The third kappa shape index (κ3) is 2.79. The lowest BCUT2D eigenvalue weighted by atomic mass is 9.93. The summed E-state index contributed by atoms with van der Waals surface area (Å²) in [5, 5.41) is 3.44. The monoisotopic (exact) mass is 254 g/mol. The van der Waals surface area contributed by atoms with Crippen molar-refractivity contribution in [3.8, 4) is 0 Å². The van der Waals surface area contributed by atoms with Gasteiger partial charge in [-0.05, 0) is 71.9 Å². The summed E-state index contributed by atoms with van der Waals surface area (Å²) >= 11 is 3.40. The van der Waals surface area contributed by atoms with E-state index in [1.165, 1.54) is 37.9 Å². The molecular weight excluding hydrogens is 240 g/mol. The van der Waals surface area contributed by atoms with Crippen molar-refractivity contribution in [2.45, 2.75) is 19.3 Å². The summed E-state index contributed by atoms with van der Waals surface area (Å²) in [6, 6.07) is 4.23. The average Bonchev–Trinajstić information content (AvgIpc) is 2.19. The molecule has 0 aliphatic carbocycles. The molecule has 0 unspecified atom stereocenters. The normalized spacial score (nSPS) is 22.2. The minimum Gasteiger partial charge on any atom is -0.316 e. The molecular formula is C11H15BrN2. The Morgan fingerprint density at radius 3 is 3.21 bits per heavy atom. The fourth-order valence-corrected chi connectivity index (χ4v) is 2.41.